The van der Waals surface area contributed by atoms with Crippen LogP contribution >= 0.6 is 27.3 Å². The van der Waals surface area contributed by atoms with E-state index in [4.69, 9.17) is 5.73 Å². The Balaban J connectivity index is 1.71. The van der Waals surface area contributed by atoms with E-state index in [1.807, 2.05) is 5.38 Å². The zero-order valence-corrected chi connectivity index (χ0v) is 19.0. The average Bonchev–Trinajstić information content (AvgIpc) is 3.05. The van der Waals surface area contributed by atoms with E-state index >= 15 is 0 Å². The summed E-state index contributed by atoms with van der Waals surface area (Å²) in [4.78, 5) is 24.4. The van der Waals surface area contributed by atoms with E-state index in [0.717, 1.165) is 35.7 Å². The molecule has 0 aliphatic heterocycles. The van der Waals surface area contributed by atoms with Gasteiger partial charge in [0.1, 0.15) is 10.8 Å². The van der Waals surface area contributed by atoms with Gasteiger partial charge in [0, 0.05) is 4.47 Å². The van der Waals surface area contributed by atoms with Gasteiger partial charge < -0.3 is 11.1 Å². The maximum absolute atomic E-state index is 12.4. The number of halogens is 1. The van der Waals surface area contributed by atoms with Crippen molar-refractivity contribution >= 4 is 53.9 Å². The summed E-state index contributed by atoms with van der Waals surface area (Å²) in [5, 5.41) is 4.79. The van der Waals surface area contributed by atoms with E-state index < -0.39 is 27.4 Å². The number of primary amides is 1. The highest BCUT2D eigenvalue weighted by Gasteiger charge is 2.26. The van der Waals surface area contributed by atoms with Gasteiger partial charge in [-0.2, -0.15) is 0 Å². The first-order chi connectivity index (χ1) is 13.7. The number of rotatable bonds is 7. The van der Waals surface area contributed by atoms with Crippen LogP contribution in [0.5, 0.6) is 0 Å². The molecule has 1 aromatic carbocycles. The van der Waals surface area contributed by atoms with Crippen LogP contribution in [0, 0.1) is 0 Å². The van der Waals surface area contributed by atoms with Crippen molar-refractivity contribution in [2.24, 2.45) is 5.73 Å². The van der Waals surface area contributed by atoms with Crippen molar-refractivity contribution in [3.8, 4) is 0 Å². The smallest absolute Gasteiger partial charge is 0.251 e. The number of nitrogens with two attached hydrogens (primary N) is 1. The number of hydrogen-bond acceptors (Lipinski definition) is 5. The zero-order valence-electron chi connectivity index (χ0n) is 15.8. The van der Waals surface area contributed by atoms with Crippen LogP contribution in [-0.4, -0.2) is 26.0 Å². The average molecular weight is 499 g/mol. The van der Waals surface area contributed by atoms with Gasteiger partial charge in [-0.15, -0.1) is 11.3 Å². The van der Waals surface area contributed by atoms with Gasteiger partial charge in [0.2, 0.25) is 5.91 Å². The highest BCUT2D eigenvalue weighted by molar-refractivity contribution is 9.10. The molecule has 1 aliphatic rings. The van der Waals surface area contributed by atoms with Crippen molar-refractivity contribution < 1.29 is 18.0 Å². The quantitative estimate of drug-likeness (QED) is 0.595. The minimum Gasteiger partial charge on any atom is -0.365 e. The first-order valence-electron chi connectivity index (χ1n) is 9.41. The molecule has 0 radical (unpaired) electrons. The number of sulfone groups is 1. The highest BCUT2D eigenvalue weighted by Crippen LogP contribution is 2.39. The second-order valence-corrected chi connectivity index (χ2v) is 11.2. The molecule has 0 bridgehead atoms. The maximum atomic E-state index is 12.4. The largest absolute Gasteiger partial charge is 0.365 e. The molecule has 156 valence electrons. The molecule has 0 atom stereocenters. The van der Waals surface area contributed by atoms with Crippen molar-refractivity contribution in [1.82, 2.24) is 0 Å². The first kappa shape index (κ1) is 22.0. The highest BCUT2D eigenvalue weighted by atomic mass is 79.9. The number of anilines is 1. The van der Waals surface area contributed by atoms with Gasteiger partial charge in [0.05, 0.1) is 11.3 Å². The van der Waals surface area contributed by atoms with Crippen molar-refractivity contribution in [2.75, 3.05) is 11.1 Å². The van der Waals surface area contributed by atoms with Crippen LogP contribution in [0.3, 0.4) is 0 Å². The zero-order chi connectivity index (χ0) is 21.0. The van der Waals surface area contributed by atoms with Crippen LogP contribution in [0.15, 0.2) is 34.1 Å². The molecule has 0 unspecified atom stereocenters. The van der Waals surface area contributed by atoms with Crippen LogP contribution < -0.4 is 11.1 Å². The molecule has 29 heavy (non-hydrogen) atoms. The third-order valence-corrected chi connectivity index (χ3v) is 7.87. The van der Waals surface area contributed by atoms with Crippen LogP contribution in [0.4, 0.5) is 5.00 Å². The summed E-state index contributed by atoms with van der Waals surface area (Å²) in [5.74, 6) is -1.90. The molecule has 2 aromatic rings. The Morgan fingerprint density at radius 2 is 1.93 bits per heavy atom. The third-order valence-electron chi connectivity index (χ3n) is 4.99. The second kappa shape index (κ2) is 9.40. The van der Waals surface area contributed by atoms with E-state index in [1.54, 1.807) is 24.3 Å². The Morgan fingerprint density at radius 3 is 2.59 bits per heavy atom. The first-order valence-corrected chi connectivity index (χ1v) is 12.9. The SMILES string of the molecule is NC(=O)c1c(C2CCCCC2)csc1NC(=O)CS(=O)(=O)Cc1cccc(Br)c1. The molecule has 0 spiro atoms. The number of nitrogens with one attached hydrogen (secondary N) is 1. The van der Waals surface area contributed by atoms with Crippen molar-refractivity contribution in [3.63, 3.8) is 0 Å². The fourth-order valence-corrected chi connectivity index (χ4v) is 6.50. The summed E-state index contributed by atoms with van der Waals surface area (Å²) in [7, 11) is -3.66. The number of amides is 2. The number of carbonyl (C=O) groups is 2. The van der Waals surface area contributed by atoms with Gasteiger partial charge in [-0.25, -0.2) is 8.42 Å². The maximum Gasteiger partial charge on any atom is 0.251 e. The van der Waals surface area contributed by atoms with Crippen molar-refractivity contribution in [1.29, 1.82) is 0 Å². The molecule has 1 heterocycles. The van der Waals surface area contributed by atoms with Gasteiger partial charge in [-0.1, -0.05) is 47.3 Å². The lowest BCUT2D eigenvalue weighted by molar-refractivity contribution is -0.113. The molecule has 1 aromatic heterocycles. The molecular weight excluding hydrogens is 476 g/mol. The van der Waals surface area contributed by atoms with Crippen molar-refractivity contribution in [3.05, 3.63) is 50.8 Å². The molecule has 0 saturated heterocycles. The van der Waals surface area contributed by atoms with Gasteiger partial charge in [0.25, 0.3) is 5.91 Å². The topological polar surface area (TPSA) is 106 Å². The molecular formula is C20H23BrN2O4S2. The van der Waals surface area contributed by atoms with Crippen LogP contribution in [-0.2, 0) is 20.4 Å². The van der Waals surface area contributed by atoms with Gasteiger partial charge in [-0.3, -0.25) is 9.59 Å². The molecule has 3 rings (SSSR count). The number of carbonyl (C=O) groups excluding carboxylic acids is 2. The van der Waals surface area contributed by atoms with Crippen LogP contribution in [0.2, 0.25) is 0 Å². The monoisotopic (exact) mass is 498 g/mol. The standard InChI is InChI=1S/C20H23BrN2O4S2/c21-15-8-4-5-13(9-15)11-29(26,27)12-17(24)23-20-18(19(22)25)16(10-28-20)14-6-2-1-3-7-14/h4-5,8-10,14H,1-3,6-7,11-12H2,(H2,22,25)(H,23,24). The van der Waals surface area contributed by atoms with E-state index in [-0.39, 0.29) is 11.7 Å². The summed E-state index contributed by atoms with van der Waals surface area (Å²) in [5.41, 5.74) is 7.37. The van der Waals surface area contributed by atoms with E-state index in [0.29, 0.717) is 16.1 Å². The molecule has 1 aliphatic carbocycles. The Kier molecular flexibility index (Phi) is 7.13. The van der Waals surface area contributed by atoms with Gasteiger partial charge >= 0.3 is 0 Å². The fourth-order valence-electron chi connectivity index (χ4n) is 3.73. The summed E-state index contributed by atoms with van der Waals surface area (Å²) >= 11 is 4.53. The minimum absolute atomic E-state index is 0.236. The van der Waals surface area contributed by atoms with E-state index in [9.17, 15) is 18.0 Å². The second-order valence-electron chi connectivity index (χ2n) is 7.30. The predicted molar refractivity (Wildman–Crippen MR) is 119 cm³/mol. The number of hydrogen-bond donors (Lipinski definition) is 2. The Morgan fingerprint density at radius 1 is 1.21 bits per heavy atom. The molecule has 6 nitrogen and oxygen atoms in total. The Hall–Kier alpha value is -1.71. The van der Waals surface area contributed by atoms with Crippen molar-refractivity contribution in [2.45, 2.75) is 43.8 Å². The molecule has 1 saturated carbocycles. The summed E-state index contributed by atoms with van der Waals surface area (Å²) in [6.45, 7) is 0. The fraction of sp³-hybridized carbons (Fsp3) is 0.400. The van der Waals surface area contributed by atoms with Gasteiger partial charge in [0.15, 0.2) is 9.84 Å². The lowest BCUT2D eigenvalue weighted by atomic mass is 9.83. The Labute approximate surface area is 182 Å². The summed E-state index contributed by atoms with van der Waals surface area (Å²) < 4.78 is 25.6. The number of benzene rings is 1. The lowest BCUT2D eigenvalue weighted by Crippen LogP contribution is -2.25. The third kappa shape index (κ3) is 5.90. The summed E-state index contributed by atoms with van der Waals surface area (Å²) in [6, 6.07) is 6.94. The van der Waals surface area contributed by atoms with Crippen LogP contribution in [0.1, 0.15) is 59.5 Å². The molecule has 3 N–H and O–H groups in total. The van der Waals surface area contributed by atoms with E-state index in [2.05, 4.69) is 21.2 Å². The number of thiophene rings is 1. The van der Waals surface area contributed by atoms with E-state index in [1.165, 1.54) is 17.8 Å². The molecule has 2 amide bonds. The van der Waals surface area contributed by atoms with Gasteiger partial charge in [-0.05, 0) is 47.4 Å². The predicted octanol–water partition coefficient (Wildman–Crippen LogP) is 4.21. The molecule has 1 fully saturated rings. The normalized spacial score (nSPS) is 15.2. The Bertz CT molecular complexity index is 1010. The summed E-state index contributed by atoms with van der Waals surface area (Å²) in [6.07, 6.45) is 5.38. The molecule has 9 heteroatoms. The van der Waals surface area contributed by atoms with Crippen LogP contribution in [0.25, 0.3) is 0 Å². The lowest BCUT2D eigenvalue weighted by Gasteiger charge is -2.21. The minimum atomic E-state index is -3.66.